The molecule has 0 aliphatic carbocycles. The van der Waals surface area contributed by atoms with Crippen molar-refractivity contribution >= 4 is 88.2 Å². The van der Waals surface area contributed by atoms with Crippen molar-refractivity contribution in [3.63, 3.8) is 0 Å². The van der Waals surface area contributed by atoms with Crippen LogP contribution in [0, 0.1) is 21.6 Å². The summed E-state index contributed by atoms with van der Waals surface area (Å²) in [6.45, 7) is -0.107. The number of amides is 6. The first kappa shape index (κ1) is 57.1. The van der Waals surface area contributed by atoms with E-state index < -0.39 is 96.2 Å². The molecule has 6 unspecified atom stereocenters. The Labute approximate surface area is 450 Å². The van der Waals surface area contributed by atoms with Crippen molar-refractivity contribution in [3.8, 4) is 11.4 Å². The molecule has 0 fully saturated rings. The number of aromatic nitrogens is 2. The summed E-state index contributed by atoms with van der Waals surface area (Å²) in [7, 11) is 0. The summed E-state index contributed by atoms with van der Waals surface area (Å²) in [5, 5.41) is 63.3. The number of anilines is 1. The van der Waals surface area contributed by atoms with Gasteiger partial charge in [-0.2, -0.15) is 0 Å². The summed E-state index contributed by atoms with van der Waals surface area (Å²) in [5.74, 6) is -10.5. The topological polar surface area (TPSA) is 485 Å². The fourth-order valence-electron chi connectivity index (χ4n) is 7.47. The van der Waals surface area contributed by atoms with Crippen LogP contribution in [0.25, 0.3) is 34.4 Å². The fraction of sp³-hybridized carbons (Fsp3) is 0.137. The van der Waals surface area contributed by atoms with Crippen molar-refractivity contribution in [1.82, 2.24) is 57.8 Å². The van der Waals surface area contributed by atoms with Crippen LogP contribution in [-0.2, 0) is 35.3 Å². The van der Waals surface area contributed by atoms with E-state index >= 15 is 0 Å². The highest BCUT2D eigenvalue weighted by molar-refractivity contribution is 6.00. The zero-order chi connectivity index (χ0) is 57.2. The van der Waals surface area contributed by atoms with Gasteiger partial charge in [-0.25, -0.2) is 9.97 Å². The molecule has 6 rings (SSSR count). The van der Waals surface area contributed by atoms with Gasteiger partial charge in [0.1, 0.15) is 11.9 Å². The van der Waals surface area contributed by atoms with Gasteiger partial charge in [0.25, 0.3) is 29.5 Å². The molecule has 6 aromatic rings. The van der Waals surface area contributed by atoms with Crippen LogP contribution in [-0.4, -0.2) is 105 Å². The number of rotatable bonds is 23. The Bertz CT molecular complexity index is 3240. The summed E-state index contributed by atoms with van der Waals surface area (Å²) in [4.78, 5) is 93.1. The number of benzene rings is 5. The molecule has 0 saturated carbocycles. The van der Waals surface area contributed by atoms with Gasteiger partial charge in [0, 0.05) is 17.5 Å². The Morgan fingerprint density at radius 2 is 0.911 bits per heavy atom. The zero-order valence-electron chi connectivity index (χ0n) is 41.7. The number of carbonyl (C=O) groups is 6. The van der Waals surface area contributed by atoms with Gasteiger partial charge in [0.15, 0.2) is 54.3 Å². The molecule has 6 atom stereocenters. The first-order chi connectivity index (χ1) is 37.8. The maximum absolute atomic E-state index is 14.7. The van der Waals surface area contributed by atoms with Gasteiger partial charge in [0.05, 0.1) is 5.52 Å². The molecule has 0 aliphatic heterocycles. The zero-order valence-corrected chi connectivity index (χ0v) is 41.7. The van der Waals surface area contributed by atoms with Crippen LogP contribution in [0.4, 0.5) is 5.82 Å². The van der Waals surface area contributed by atoms with E-state index in [4.69, 9.17) is 60.3 Å². The Balaban J connectivity index is 1.30. The second kappa shape index (κ2) is 26.9. The lowest BCUT2D eigenvalue weighted by Crippen LogP contribution is -2.68. The van der Waals surface area contributed by atoms with Crippen molar-refractivity contribution in [1.29, 1.82) is 21.6 Å². The number of aliphatic hydroxyl groups is 1. The number of hydrogen-bond donors (Lipinski definition) is 19. The number of carbonyl (C=O) groups excluding carboxylic acids is 6. The largest absolute Gasteiger partial charge is 0.370 e. The number of aliphatic hydroxyl groups excluding tert-OH is 1. The summed E-state index contributed by atoms with van der Waals surface area (Å²) < 4.78 is 0. The quantitative estimate of drug-likeness (QED) is 0.0141. The van der Waals surface area contributed by atoms with Gasteiger partial charge >= 0.3 is 0 Å². The smallest absolute Gasteiger partial charge is 0.271 e. The molecule has 79 heavy (non-hydrogen) atoms. The Morgan fingerprint density at radius 3 is 1.42 bits per heavy atom. The third-order valence-electron chi connectivity index (χ3n) is 11.1. The van der Waals surface area contributed by atoms with E-state index in [1.807, 2.05) is 102 Å². The number of nitrogens with two attached hydrogens (primary N) is 5. The van der Waals surface area contributed by atoms with Crippen LogP contribution in [0.1, 0.15) is 28.3 Å². The molecule has 28 nitrogen and oxygen atoms in total. The molecule has 28 heteroatoms. The third kappa shape index (κ3) is 16.4. The van der Waals surface area contributed by atoms with Crippen molar-refractivity contribution in [3.05, 3.63) is 162 Å². The second-order valence-electron chi connectivity index (χ2n) is 17.0. The van der Waals surface area contributed by atoms with Crippen LogP contribution in [0.3, 0.4) is 0 Å². The van der Waals surface area contributed by atoms with Crippen LogP contribution < -0.4 is 81.4 Å². The lowest BCUT2D eigenvalue weighted by Gasteiger charge is -2.31. The Morgan fingerprint density at radius 1 is 0.481 bits per heavy atom. The Kier molecular flexibility index (Phi) is 19.4. The summed E-state index contributed by atoms with van der Waals surface area (Å²) in [6.07, 6.45) is -6.17. The van der Waals surface area contributed by atoms with Gasteiger partial charge in [-0.15, -0.1) is 0 Å². The predicted molar refractivity (Wildman–Crippen MR) is 293 cm³/mol. The monoisotopic (exact) mass is 1080 g/mol. The minimum absolute atomic E-state index is 0.107. The van der Waals surface area contributed by atoms with Crippen LogP contribution in [0.15, 0.2) is 140 Å². The van der Waals surface area contributed by atoms with E-state index in [2.05, 4.69) is 42.5 Å². The van der Waals surface area contributed by atoms with Gasteiger partial charge in [-0.1, -0.05) is 140 Å². The first-order valence-electron chi connectivity index (χ1n) is 23.6. The molecule has 0 spiro atoms. The van der Waals surface area contributed by atoms with E-state index in [-0.39, 0.29) is 23.8 Å². The summed E-state index contributed by atoms with van der Waals surface area (Å²) in [6, 6.07) is 39.2. The fourth-order valence-corrected chi connectivity index (χ4v) is 7.47. The van der Waals surface area contributed by atoms with Crippen LogP contribution in [0.2, 0.25) is 0 Å². The van der Waals surface area contributed by atoms with Crippen molar-refractivity contribution in [2.45, 2.75) is 43.5 Å². The average Bonchev–Trinajstić information content (AvgIpc) is 3.47. The first-order valence-corrected chi connectivity index (χ1v) is 23.6. The molecule has 5 aromatic carbocycles. The molecule has 0 saturated heterocycles. The van der Waals surface area contributed by atoms with E-state index in [1.54, 1.807) is 42.5 Å². The van der Waals surface area contributed by atoms with Gasteiger partial charge in [-0.3, -0.25) is 50.4 Å². The summed E-state index contributed by atoms with van der Waals surface area (Å²) >= 11 is 0. The molecule has 1 aromatic heterocycles. The lowest BCUT2D eigenvalue weighted by atomic mass is 10.1. The van der Waals surface area contributed by atoms with Crippen molar-refractivity contribution in [2.24, 2.45) is 28.7 Å². The van der Waals surface area contributed by atoms with Crippen molar-refractivity contribution < 1.29 is 33.9 Å². The van der Waals surface area contributed by atoms with Crippen LogP contribution >= 0.6 is 0 Å². The molecule has 1 heterocycles. The molecule has 0 bridgehead atoms. The third-order valence-corrected chi connectivity index (χ3v) is 11.1. The number of guanidine groups is 4. The SMILES string of the molecule is N=C(N)NC(NC(=O)C(NC(=N)N)NC(=O)C(NC(=N)N)NC(=O)C(NC(=N)N)NC(=O)C(NC(=O)C(O)N(Cc1ccc(/C=C/c2ccccc2)cc1)c1nc(-c2ccccc2)nc2ccccc12)c1ccccc1)C(N)=O. The average molecular weight is 1080 g/mol. The minimum atomic E-state index is -2.10. The van der Waals surface area contributed by atoms with Gasteiger partial charge < -0.3 is 86.5 Å². The van der Waals surface area contributed by atoms with E-state index in [9.17, 15) is 33.9 Å². The van der Waals surface area contributed by atoms with Crippen LogP contribution in [0.5, 0.6) is 0 Å². The highest BCUT2D eigenvalue weighted by atomic mass is 16.3. The highest BCUT2D eigenvalue weighted by Gasteiger charge is 2.36. The number of para-hydroxylation sites is 1. The Hall–Kier alpha value is -11.2. The number of hydrogen-bond acceptors (Lipinski definition) is 14. The minimum Gasteiger partial charge on any atom is -0.370 e. The molecular weight excluding hydrogens is 1020 g/mol. The lowest BCUT2D eigenvalue weighted by molar-refractivity contribution is -0.136. The van der Waals surface area contributed by atoms with Gasteiger partial charge in [-0.05, 0) is 34.4 Å². The maximum atomic E-state index is 14.7. The molecule has 24 N–H and O–H groups in total. The molecule has 6 amide bonds. The molecule has 0 radical (unpaired) electrons. The number of nitrogens with zero attached hydrogens (tertiary/aromatic N) is 3. The maximum Gasteiger partial charge on any atom is 0.271 e. The predicted octanol–water partition coefficient (Wildman–Crippen LogP) is -2.16. The van der Waals surface area contributed by atoms with E-state index in [1.165, 1.54) is 17.0 Å². The van der Waals surface area contributed by atoms with Gasteiger partial charge in [0.2, 0.25) is 12.1 Å². The standard InChI is InChI=1S/C51H57N21O7/c52-35(73)37(68-48(53)54)64-43(75)39(70-50(57)58)66-45(77)40(71-51(59)60)67-44(76)38(69-49(55)56)65-42(74)34(30-14-6-2-7-15-30)62-46(78)47(79)72(26-29-24-22-28(23-25-29)21-20-27-12-4-1-5-13-27)41-32-18-10-11-19-33(32)61-36(63-41)31-16-8-3-9-17-31/h1-25,34,37-40,47,79H,26H2,(H2,52,73)(H,62,78)(H,64,75)(H,65,74)(H,66,77)(H,67,76)(H4,53,54,68)(H4,55,56,69)(H4,57,58,70)(H4,59,60,71)/b21-20+. The number of fused-ring (bicyclic) bond motifs is 1. The number of primary amides is 1. The number of nitrogens with one attached hydrogen (secondary N) is 13. The molecule has 0 aliphatic rings. The molecular formula is C51H57N21O7. The second-order valence-corrected chi connectivity index (χ2v) is 17.0. The summed E-state index contributed by atoms with van der Waals surface area (Å²) in [5.41, 5.74) is 30.9. The highest BCUT2D eigenvalue weighted by Crippen LogP contribution is 2.30. The van der Waals surface area contributed by atoms with E-state index in [0.717, 1.165) is 11.1 Å². The van der Waals surface area contributed by atoms with Crippen molar-refractivity contribution in [2.75, 3.05) is 4.90 Å². The van der Waals surface area contributed by atoms with E-state index in [0.29, 0.717) is 22.0 Å². The molecule has 408 valence electrons. The normalized spacial score (nSPS) is 13.1.